The van der Waals surface area contributed by atoms with Gasteiger partial charge in [-0.2, -0.15) is 4.98 Å². The third-order valence-corrected chi connectivity index (χ3v) is 3.28. The molecule has 3 unspecified atom stereocenters. The van der Waals surface area contributed by atoms with Crippen molar-refractivity contribution in [3.8, 4) is 0 Å². The number of H-pyrrole nitrogens is 1. The van der Waals surface area contributed by atoms with Gasteiger partial charge in [0, 0.05) is 13.0 Å². The standard InChI is InChI=1S/C10H15N7O3/c11-10-15-8-7(9(19)16-10)13-3-17(8)6-1-4(18)5(20-6)2-14-12/h3-6,14,18H,1-2,12H2,(H3,11,15,16,19). The highest BCUT2D eigenvalue weighted by Crippen LogP contribution is 2.30. The van der Waals surface area contributed by atoms with Crippen LogP contribution >= 0.6 is 0 Å². The molecule has 0 amide bonds. The summed E-state index contributed by atoms with van der Waals surface area (Å²) >= 11 is 0. The number of ether oxygens (including phenoxy) is 1. The zero-order valence-electron chi connectivity index (χ0n) is 10.5. The quantitative estimate of drug-likeness (QED) is 0.313. The first-order valence-corrected chi connectivity index (χ1v) is 6.09. The van der Waals surface area contributed by atoms with Gasteiger partial charge in [-0.15, -0.1) is 0 Å². The lowest BCUT2D eigenvalue weighted by molar-refractivity contribution is -0.0156. The molecule has 10 nitrogen and oxygen atoms in total. The van der Waals surface area contributed by atoms with E-state index in [1.807, 2.05) is 0 Å². The molecule has 0 saturated carbocycles. The lowest BCUT2D eigenvalue weighted by atomic mass is 10.2. The molecule has 10 heteroatoms. The van der Waals surface area contributed by atoms with Gasteiger partial charge in [-0.1, -0.05) is 0 Å². The molecule has 0 aromatic carbocycles. The van der Waals surface area contributed by atoms with E-state index in [1.54, 1.807) is 4.57 Å². The number of anilines is 1. The Kier molecular flexibility index (Phi) is 3.14. The number of aromatic nitrogens is 4. The van der Waals surface area contributed by atoms with E-state index >= 15 is 0 Å². The van der Waals surface area contributed by atoms with Crippen LogP contribution in [0.5, 0.6) is 0 Å². The molecule has 108 valence electrons. The molecule has 1 aliphatic rings. The second-order valence-electron chi connectivity index (χ2n) is 4.62. The van der Waals surface area contributed by atoms with Crippen molar-refractivity contribution in [2.75, 3.05) is 12.3 Å². The second-order valence-corrected chi connectivity index (χ2v) is 4.62. The van der Waals surface area contributed by atoms with E-state index in [-0.39, 0.29) is 11.5 Å². The Hall–Kier alpha value is -2.01. The number of hydrogen-bond acceptors (Lipinski definition) is 8. The molecule has 0 spiro atoms. The number of nitrogens with two attached hydrogens (primary N) is 2. The molecule has 7 N–H and O–H groups in total. The van der Waals surface area contributed by atoms with Crippen LogP contribution in [0.25, 0.3) is 11.2 Å². The molecule has 2 aromatic heterocycles. The van der Waals surface area contributed by atoms with E-state index in [0.717, 1.165) is 0 Å². The number of nitrogen functional groups attached to an aromatic ring is 1. The molecule has 0 radical (unpaired) electrons. The smallest absolute Gasteiger partial charge is 0.280 e. The Labute approximate surface area is 112 Å². The number of aliphatic hydroxyl groups is 1. The van der Waals surface area contributed by atoms with Crippen LogP contribution in [0.1, 0.15) is 12.6 Å². The molecule has 1 saturated heterocycles. The van der Waals surface area contributed by atoms with Crippen molar-refractivity contribution in [1.29, 1.82) is 0 Å². The highest BCUT2D eigenvalue weighted by molar-refractivity contribution is 5.70. The van der Waals surface area contributed by atoms with Crippen LogP contribution in [-0.2, 0) is 4.74 Å². The van der Waals surface area contributed by atoms with Crippen LogP contribution in [0.15, 0.2) is 11.1 Å². The normalized spacial score (nSPS) is 26.4. The van der Waals surface area contributed by atoms with Gasteiger partial charge in [-0.05, 0) is 0 Å². The molecule has 0 bridgehead atoms. The zero-order chi connectivity index (χ0) is 14.3. The Bertz CT molecular complexity index is 681. The van der Waals surface area contributed by atoms with Gasteiger partial charge in [0.25, 0.3) is 5.56 Å². The predicted octanol–water partition coefficient (Wildman–Crippen LogP) is -2.19. The number of nitrogens with zero attached hydrogens (tertiary/aromatic N) is 3. The summed E-state index contributed by atoms with van der Waals surface area (Å²) < 4.78 is 7.27. The maximum Gasteiger partial charge on any atom is 0.280 e. The van der Waals surface area contributed by atoms with E-state index in [9.17, 15) is 9.90 Å². The Morgan fingerprint density at radius 1 is 1.65 bits per heavy atom. The number of hydrazine groups is 1. The Morgan fingerprint density at radius 2 is 2.45 bits per heavy atom. The summed E-state index contributed by atoms with van der Waals surface area (Å²) in [6.45, 7) is 0.320. The number of hydrogen-bond donors (Lipinski definition) is 5. The summed E-state index contributed by atoms with van der Waals surface area (Å²) in [7, 11) is 0. The van der Waals surface area contributed by atoms with Crippen LogP contribution in [0.2, 0.25) is 0 Å². The monoisotopic (exact) mass is 281 g/mol. The van der Waals surface area contributed by atoms with Crippen LogP contribution < -0.4 is 22.6 Å². The largest absolute Gasteiger partial charge is 0.390 e. The van der Waals surface area contributed by atoms with Gasteiger partial charge in [0.1, 0.15) is 6.23 Å². The fourth-order valence-corrected chi connectivity index (χ4v) is 2.34. The molecule has 3 rings (SSSR count). The highest BCUT2D eigenvalue weighted by atomic mass is 16.5. The van der Waals surface area contributed by atoms with Gasteiger partial charge in [0.05, 0.1) is 18.5 Å². The van der Waals surface area contributed by atoms with Crippen LogP contribution in [0.4, 0.5) is 5.95 Å². The van der Waals surface area contributed by atoms with Crippen molar-refractivity contribution in [3.05, 3.63) is 16.7 Å². The molecule has 1 fully saturated rings. The molecule has 1 aliphatic heterocycles. The van der Waals surface area contributed by atoms with Crippen LogP contribution in [0.3, 0.4) is 0 Å². The maximum absolute atomic E-state index is 11.7. The van der Waals surface area contributed by atoms with Crippen LogP contribution in [-0.4, -0.2) is 43.4 Å². The summed E-state index contributed by atoms with van der Waals surface area (Å²) in [5, 5.41) is 9.90. The summed E-state index contributed by atoms with van der Waals surface area (Å²) in [5.41, 5.74) is 8.08. The van der Waals surface area contributed by atoms with Crippen molar-refractivity contribution >= 4 is 17.1 Å². The minimum absolute atomic E-state index is 0.00275. The molecular weight excluding hydrogens is 266 g/mol. The zero-order valence-corrected chi connectivity index (χ0v) is 10.5. The minimum Gasteiger partial charge on any atom is -0.390 e. The number of aromatic amines is 1. The lowest BCUT2D eigenvalue weighted by Crippen LogP contribution is -2.37. The first-order valence-electron chi connectivity index (χ1n) is 6.09. The average molecular weight is 281 g/mol. The summed E-state index contributed by atoms with van der Waals surface area (Å²) in [5.74, 6) is 5.23. The number of aliphatic hydroxyl groups excluding tert-OH is 1. The van der Waals surface area contributed by atoms with Gasteiger partial charge in [0.2, 0.25) is 5.95 Å². The Morgan fingerprint density at radius 3 is 3.20 bits per heavy atom. The third kappa shape index (κ3) is 2.04. The second kappa shape index (κ2) is 4.83. The van der Waals surface area contributed by atoms with E-state index in [0.29, 0.717) is 18.6 Å². The van der Waals surface area contributed by atoms with Gasteiger partial charge >= 0.3 is 0 Å². The lowest BCUT2D eigenvalue weighted by Gasteiger charge is -2.14. The summed E-state index contributed by atoms with van der Waals surface area (Å²) in [4.78, 5) is 22.1. The molecule has 2 aromatic rings. The van der Waals surface area contributed by atoms with Crippen molar-refractivity contribution < 1.29 is 9.84 Å². The van der Waals surface area contributed by atoms with Crippen molar-refractivity contribution in [1.82, 2.24) is 24.9 Å². The SMILES string of the molecule is NNCC1OC(n2cnc3c(=O)[nH]c(N)nc32)CC1O. The first kappa shape index (κ1) is 13.0. The number of nitrogens with one attached hydrogen (secondary N) is 2. The van der Waals surface area contributed by atoms with E-state index in [2.05, 4.69) is 20.4 Å². The average Bonchev–Trinajstić information content (AvgIpc) is 2.94. The fourth-order valence-electron chi connectivity index (χ4n) is 2.34. The van der Waals surface area contributed by atoms with Gasteiger partial charge in [-0.25, -0.2) is 4.98 Å². The summed E-state index contributed by atoms with van der Waals surface area (Å²) in [6.07, 6.45) is 0.241. The van der Waals surface area contributed by atoms with Crippen molar-refractivity contribution in [2.24, 2.45) is 5.84 Å². The van der Waals surface area contributed by atoms with Crippen LogP contribution in [0, 0.1) is 0 Å². The minimum atomic E-state index is -0.659. The molecular formula is C10H15N7O3. The van der Waals surface area contributed by atoms with Crippen molar-refractivity contribution in [3.63, 3.8) is 0 Å². The van der Waals surface area contributed by atoms with E-state index in [4.69, 9.17) is 16.3 Å². The topological polar surface area (TPSA) is 157 Å². The summed E-state index contributed by atoms with van der Waals surface area (Å²) in [6, 6.07) is 0. The Balaban J connectivity index is 1.98. The number of imidazole rings is 1. The molecule has 0 aliphatic carbocycles. The maximum atomic E-state index is 11.7. The van der Waals surface area contributed by atoms with E-state index in [1.165, 1.54) is 6.33 Å². The highest BCUT2D eigenvalue weighted by Gasteiger charge is 2.35. The first-order chi connectivity index (χ1) is 9.60. The molecule has 3 atom stereocenters. The predicted molar refractivity (Wildman–Crippen MR) is 69.3 cm³/mol. The molecule has 3 heterocycles. The number of fused-ring (bicyclic) bond motifs is 1. The van der Waals surface area contributed by atoms with E-state index < -0.39 is 24.0 Å². The molecule has 20 heavy (non-hydrogen) atoms. The van der Waals surface area contributed by atoms with Gasteiger partial charge in [-0.3, -0.25) is 25.6 Å². The fraction of sp³-hybridized carbons (Fsp3) is 0.500. The number of rotatable bonds is 3. The van der Waals surface area contributed by atoms with Crippen molar-refractivity contribution in [2.45, 2.75) is 24.9 Å². The van der Waals surface area contributed by atoms with Gasteiger partial charge < -0.3 is 15.6 Å². The van der Waals surface area contributed by atoms with Gasteiger partial charge in [0.15, 0.2) is 11.2 Å². The third-order valence-electron chi connectivity index (χ3n) is 3.28.